The van der Waals surface area contributed by atoms with Gasteiger partial charge < -0.3 is 0 Å². The number of hydrogen-bond donors (Lipinski definition) is 0. The van der Waals surface area contributed by atoms with Crippen LogP contribution >= 0.6 is 0 Å². The Morgan fingerprint density at radius 3 is 2.20 bits per heavy atom. The highest BCUT2D eigenvalue weighted by molar-refractivity contribution is 6.81. The first kappa shape index (κ1) is 22.2. The lowest BCUT2D eigenvalue weighted by molar-refractivity contribution is 0.625. The van der Waals surface area contributed by atoms with E-state index in [4.69, 9.17) is 0 Å². The number of hydrogen-bond acceptors (Lipinski definition) is 0. The van der Waals surface area contributed by atoms with Crippen molar-refractivity contribution < 1.29 is 0 Å². The van der Waals surface area contributed by atoms with Crippen LogP contribution in [0.15, 0.2) is 42.5 Å². The van der Waals surface area contributed by atoms with Crippen molar-refractivity contribution in [3.63, 3.8) is 0 Å². The first-order valence-electron chi connectivity index (χ1n) is 10.9. The predicted octanol–water partition coefficient (Wildman–Crippen LogP) is 8.41. The lowest BCUT2D eigenvalue weighted by atomic mass is 10.1. The molecule has 0 aliphatic rings. The molecule has 1 heteroatoms. The van der Waals surface area contributed by atoms with Gasteiger partial charge in [0.05, 0.1) is 8.07 Å². The first-order valence-corrected chi connectivity index (χ1v) is 13.6. The monoisotopic (exact) mass is 358 g/mol. The van der Waals surface area contributed by atoms with Crippen molar-refractivity contribution in [2.45, 2.75) is 103 Å². The Balaban J connectivity index is 2.58. The van der Waals surface area contributed by atoms with Crippen molar-refractivity contribution in [3.8, 4) is 0 Å². The summed E-state index contributed by atoms with van der Waals surface area (Å²) >= 11 is 0. The standard InChI is InChI=1S/C24H42Si/c1-5-9-10-14-21-24(17-6-2)25(7-3,8-4)22-16-15-20-23-18-12-11-13-19-23/h6,11-13,17-19,24H,5,7-10,14-16,20-22H2,1-4H3/b17-6+/t24-/m1/s1. The van der Waals surface area contributed by atoms with Gasteiger partial charge >= 0.3 is 0 Å². The Morgan fingerprint density at radius 2 is 1.60 bits per heavy atom. The van der Waals surface area contributed by atoms with E-state index < -0.39 is 8.07 Å². The Kier molecular flexibility index (Phi) is 11.9. The highest BCUT2D eigenvalue weighted by Crippen LogP contribution is 2.39. The summed E-state index contributed by atoms with van der Waals surface area (Å²) in [6.07, 6.45) is 16.0. The zero-order valence-electron chi connectivity index (χ0n) is 17.4. The maximum Gasteiger partial charge on any atom is 0.0599 e. The molecule has 0 N–H and O–H groups in total. The molecular weight excluding hydrogens is 316 g/mol. The van der Waals surface area contributed by atoms with Crippen LogP contribution in [-0.4, -0.2) is 8.07 Å². The van der Waals surface area contributed by atoms with Crippen molar-refractivity contribution in [3.05, 3.63) is 48.0 Å². The molecule has 0 aliphatic carbocycles. The first-order chi connectivity index (χ1) is 12.2. The maximum absolute atomic E-state index is 2.59. The summed E-state index contributed by atoms with van der Waals surface area (Å²) in [4.78, 5) is 0. The van der Waals surface area contributed by atoms with Gasteiger partial charge in [-0.3, -0.25) is 0 Å². The fourth-order valence-corrected chi connectivity index (χ4v) is 9.39. The molecule has 0 aliphatic heterocycles. The quantitative estimate of drug-likeness (QED) is 0.178. The average molecular weight is 359 g/mol. The van der Waals surface area contributed by atoms with E-state index in [2.05, 4.69) is 70.2 Å². The Morgan fingerprint density at radius 1 is 0.880 bits per heavy atom. The smallest absolute Gasteiger partial charge is 0.0599 e. The molecule has 0 aromatic heterocycles. The van der Waals surface area contributed by atoms with E-state index >= 15 is 0 Å². The van der Waals surface area contributed by atoms with Gasteiger partial charge in [-0.1, -0.05) is 113 Å². The van der Waals surface area contributed by atoms with E-state index in [1.807, 2.05) is 0 Å². The maximum atomic E-state index is 2.59. The SMILES string of the molecule is C/C=C/[C@H](CCCCCC)[Si](CC)(CC)CCCCc1ccccc1. The van der Waals surface area contributed by atoms with Gasteiger partial charge in [-0.2, -0.15) is 0 Å². The number of aryl methyl sites for hydroxylation is 1. The minimum absolute atomic E-state index is 0.904. The molecule has 0 saturated heterocycles. The van der Waals surface area contributed by atoms with Crippen LogP contribution in [0, 0.1) is 0 Å². The third-order valence-electron chi connectivity index (χ3n) is 6.22. The molecule has 1 rings (SSSR count). The van der Waals surface area contributed by atoms with E-state index in [-0.39, 0.29) is 0 Å². The highest BCUT2D eigenvalue weighted by atomic mass is 28.3. The van der Waals surface area contributed by atoms with Crippen LogP contribution in [0.25, 0.3) is 0 Å². The molecule has 0 heterocycles. The van der Waals surface area contributed by atoms with E-state index in [0.717, 1.165) is 5.54 Å². The van der Waals surface area contributed by atoms with Gasteiger partial charge in [-0.25, -0.2) is 0 Å². The number of unbranched alkanes of at least 4 members (excludes halogenated alkanes) is 4. The lowest BCUT2D eigenvalue weighted by Gasteiger charge is -2.37. The van der Waals surface area contributed by atoms with Crippen molar-refractivity contribution in [2.75, 3.05) is 0 Å². The third kappa shape index (κ3) is 7.94. The van der Waals surface area contributed by atoms with Crippen LogP contribution in [0.1, 0.15) is 78.2 Å². The zero-order valence-corrected chi connectivity index (χ0v) is 18.4. The molecule has 1 aromatic carbocycles. The van der Waals surface area contributed by atoms with Gasteiger partial charge in [0.15, 0.2) is 0 Å². The van der Waals surface area contributed by atoms with Crippen LogP contribution in [-0.2, 0) is 6.42 Å². The second-order valence-electron chi connectivity index (χ2n) is 7.74. The van der Waals surface area contributed by atoms with Crippen LogP contribution in [0.5, 0.6) is 0 Å². The summed E-state index contributed by atoms with van der Waals surface area (Å²) in [5, 5.41) is 0. The summed E-state index contributed by atoms with van der Waals surface area (Å²) in [6, 6.07) is 15.5. The minimum atomic E-state index is -1.18. The molecule has 0 fully saturated rings. The number of rotatable bonds is 14. The van der Waals surface area contributed by atoms with Crippen molar-refractivity contribution >= 4 is 8.07 Å². The second kappa shape index (κ2) is 13.4. The van der Waals surface area contributed by atoms with Crippen LogP contribution in [0.3, 0.4) is 0 Å². The average Bonchev–Trinajstić information content (AvgIpc) is 2.66. The summed E-state index contributed by atoms with van der Waals surface area (Å²) in [5.74, 6) is 0. The molecular formula is C24H42Si. The molecule has 142 valence electrons. The van der Waals surface area contributed by atoms with Gasteiger partial charge in [0.1, 0.15) is 0 Å². The number of benzene rings is 1. The van der Waals surface area contributed by atoms with E-state index in [1.165, 1.54) is 75.1 Å². The minimum Gasteiger partial charge on any atom is -0.0917 e. The molecule has 0 spiro atoms. The van der Waals surface area contributed by atoms with E-state index in [0.29, 0.717) is 0 Å². The summed E-state index contributed by atoms with van der Waals surface area (Å²) in [6.45, 7) is 9.50. The van der Waals surface area contributed by atoms with E-state index in [9.17, 15) is 0 Å². The molecule has 0 bridgehead atoms. The Labute approximate surface area is 159 Å². The normalized spacial score (nSPS) is 13.4. The highest BCUT2D eigenvalue weighted by Gasteiger charge is 2.35. The van der Waals surface area contributed by atoms with Crippen LogP contribution in [0.2, 0.25) is 23.7 Å². The summed E-state index contributed by atoms with van der Waals surface area (Å²) in [7, 11) is -1.18. The fraction of sp³-hybridized carbons (Fsp3) is 0.667. The molecule has 1 atom stereocenters. The van der Waals surface area contributed by atoms with Crippen molar-refractivity contribution in [1.29, 1.82) is 0 Å². The van der Waals surface area contributed by atoms with Crippen LogP contribution < -0.4 is 0 Å². The van der Waals surface area contributed by atoms with Gasteiger partial charge in [0.25, 0.3) is 0 Å². The van der Waals surface area contributed by atoms with Crippen molar-refractivity contribution in [1.82, 2.24) is 0 Å². The molecule has 0 saturated carbocycles. The van der Waals surface area contributed by atoms with E-state index in [1.54, 1.807) is 0 Å². The molecule has 0 unspecified atom stereocenters. The van der Waals surface area contributed by atoms with Gasteiger partial charge in [0.2, 0.25) is 0 Å². The second-order valence-corrected chi connectivity index (χ2v) is 13.1. The van der Waals surface area contributed by atoms with Crippen molar-refractivity contribution in [2.24, 2.45) is 0 Å². The fourth-order valence-electron chi connectivity index (χ4n) is 4.39. The van der Waals surface area contributed by atoms with Gasteiger partial charge in [-0.05, 0) is 37.3 Å². The molecule has 0 amide bonds. The summed E-state index contributed by atoms with van der Waals surface area (Å²) < 4.78 is 0. The largest absolute Gasteiger partial charge is 0.0917 e. The van der Waals surface area contributed by atoms with Crippen LogP contribution in [0.4, 0.5) is 0 Å². The molecule has 25 heavy (non-hydrogen) atoms. The molecule has 0 radical (unpaired) electrons. The van der Waals surface area contributed by atoms with Gasteiger partial charge in [0, 0.05) is 0 Å². The lowest BCUT2D eigenvalue weighted by Crippen LogP contribution is -2.37. The Hall–Kier alpha value is -0.823. The topological polar surface area (TPSA) is 0 Å². The number of allylic oxidation sites excluding steroid dienone is 2. The predicted molar refractivity (Wildman–Crippen MR) is 118 cm³/mol. The third-order valence-corrected chi connectivity index (χ3v) is 12.4. The Bertz CT molecular complexity index is 444. The summed E-state index contributed by atoms with van der Waals surface area (Å²) in [5.41, 5.74) is 2.41. The molecule has 1 aromatic rings. The zero-order chi connectivity index (χ0) is 18.4. The van der Waals surface area contributed by atoms with Gasteiger partial charge in [-0.15, -0.1) is 0 Å². The molecule has 0 nitrogen and oxygen atoms in total.